The van der Waals surface area contributed by atoms with E-state index < -0.39 is 5.41 Å². The van der Waals surface area contributed by atoms with Crippen LogP contribution in [-0.2, 0) is 10.2 Å². The van der Waals surface area contributed by atoms with E-state index in [-0.39, 0.29) is 11.9 Å². The Labute approximate surface area is 124 Å². The highest BCUT2D eigenvalue weighted by Gasteiger charge is 2.54. The van der Waals surface area contributed by atoms with Crippen LogP contribution >= 0.6 is 0 Å². The van der Waals surface area contributed by atoms with E-state index in [9.17, 15) is 9.59 Å². The van der Waals surface area contributed by atoms with Crippen LogP contribution in [0.25, 0.3) is 0 Å². The van der Waals surface area contributed by atoms with Gasteiger partial charge in [-0.25, -0.2) is 4.79 Å². The maximum absolute atomic E-state index is 12.7. The maximum atomic E-state index is 12.7. The fourth-order valence-electron chi connectivity index (χ4n) is 3.44. The average Bonchev–Trinajstić information content (AvgIpc) is 3.04. The van der Waals surface area contributed by atoms with E-state index in [4.69, 9.17) is 0 Å². The summed E-state index contributed by atoms with van der Waals surface area (Å²) in [6, 6.07) is 7.84. The predicted molar refractivity (Wildman–Crippen MR) is 81.4 cm³/mol. The SMILES string of the molecule is CCCNC(=O)N1CC[C@]2(C1)C(=O)N(C)c1ccccc12. The normalized spacial score (nSPS) is 23.8. The molecule has 2 aliphatic rings. The van der Waals surface area contributed by atoms with Gasteiger partial charge in [0.05, 0.1) is 5.41 Å². The molecule has 1 aromatic rings. The summed E-state index contributed by atoms with van der Waals surface area (Å²) >= 11 is 0. The van der Waals surface area contributed by atoms with Gasteiger partial charge in [-0.2, -0.15) is 0 Å². The van der Waals surface area contributed by atoms with Crippen LogP contribution in [0.3, 0.4) is 0 Å². The van der Waals surface area contributed by atoms with Gasteiger partial charge < -0.3 is 15.1 Å². The number of benzene rings is 1. The van der Waals surface area contributed by atoms with Crippen LogP contribution in [0.2, 0.25) is 0 Å². The number of nitrogens with zero attached hydrogens (tertiary/aromatic N) is 2. The van der Waals surface area contributed by atoms with Crippen molar-refractivity contribution in [1.29, 1.82) is 0 Å². The van der Waals surface area contributed by atoms with Crippen LogP contribution in [0.1, 0.15) is 25.3 Å². The molecule has 0 aliphatic carbocycles. The number of hydrogen-bond donors (Lipinski definition) is 1. The second-order valence-corrected chi connectivity index (χ2v) is 5.87. The van der Waals surface area contributed by atoms with Gasteiger partial charge in [-0.3, -0.25) is 4.79 Å². The third-order valence-electron chi connectivity index (χ3n) is 4.58. The maximum Gasteiger partial charge on any atom is 0.317 e. The molecule has 1 spiro atoms. The van der Waals surface area contributed by atoms with Crippen molar-refractivity contribution in [1.82, 2.24) is 10.2 Å². The number of likely N-dealkylation sites (N-methyl/N-ethyl adjacent to an activating group) is 1. The molecule has 0 bridgehead atoms. The third-order valence-corrected chi connectivity index (χ3v) is 4.58. The highest BCUT2D eigenvalue weighted by molar-refractivity contribution is 6.08. The van der Waals surface area contributed by atoms with E-state index in [2.05, 4.69) is 5.32 Å². The molecule has 1 atom stereocenters. The Kier molecular flexibility index (Phi) is 3.35. The van der Waals surface area contributed by atoms with Crippen LogP contribution in [0.5, 0.6) is 0 Å². The molecule has 0 unspecified atom stereocenters. The molecule has 21 heavy (non-hydrogen) atoms. The monoisotopic (exact) mass is 287 g/mol. The first-order valence-electron chi connectivity index (χ1n) is 7.50. The number of carbonyl (C=O) groups is 2. The third kappa shape index (κ3) is 1.99. The van der Waals surface area contributed by atoms with E-state index in [0.717, 1.165) is 17.7 Å². The van der Waals surface area contributed by atoms with Crippen LogP contribution < -0.4 is 10.2 Å². The fraction of sp³-hybridized carbons (Fsp3) is 0.500. The van der Waals surface area contributed by atoms with Gasteiger partial charge in [-0.15, -0.1) is 0 Å². The summed E-state index contributed by atoms with van der Waals surface area (Å²) in [7, 11) is 1.82. The molecule has 0 aromatic heterocycles. The minimum atomic E-state index is -0.547. The summed E-state index contributed by atoms with van der Waals surface area (Å²) in [4.78, 5) is 28.4. The minimum Gasteiger partial charge on any atom is -0.338 e. The Balaban J connectivity index is 1.87. The van der Waals surface area contributed by atoms with Crippen molar-refractivity contribution in [2.45, 2.75) is 25.2 Å². The average molecular weight is 287 g/mol. The molecule has 2 heterocycles. The minimum absolute atomic E-state index is 0.0615. The zero-order chi connectivity index (χ0) is 15.0. The Morgan fingerprint density at radius 2 is 2.14 bits per heavy atom. The van der Waals surface area contributed by atoms with Gasteiger partial charge in [-0.05, 0) is 24.5 Å². The molecular formula is C16H21N3O2. The van der Waals surface area contributed by atoms with E-state index in [1.165, 1.54) is 0 Å². The summed E-state index contributed by atoms with van der Waals surface area (Å²) in [5, 5.41) is 2.89. The molecule has 3 rings (SSSR count). The van der Waals surface area contributed by atoms with E-state index >= 15 is 0 Å². The van der Waals surface area contributed by atoms with Gasteiger partial charge in [0.2, 0.25) is 5.91 Å². The van der Waals surface area contributed by atoms with E-state index in [1.807, 2.05) is 38.2 Å². The Hall–Kier alpha value is -2.04. The number of para-hydroxylation sites is 1. The van der Waals surface area contributed by atoms with Crippen LogP contribution in [0.4, 0.5) is 10.5 Å². The molecule has 112 valence electrons. The number of hydrogen-bond acceptors (Lipinski definition) is 2. The lowest BCUT2D eigenvalue weighted by Gasteiger charge is -2.23. The number of fused-ring (bicyclic) bond motifs is 2. The summed E-state index contributed by atoms with van der Waals surface area (Å²) in [5.74, 6) is 0.106. The van der Waals surface area contributed by atoms with Crippen LogP contribution in [0.15, 0.2) is 24.3 Å². The molecule has 5 heteroatoms. The zero-order valence-corrected chi connectivity index (χ0v) is 12.6. The van der Waals surface area contributed by atoms with Crippen molar-refractivity contribution in [2.24, 2.45) is 0 Å². The Morgan fingerprint density at radius 1 is 1.38 bits per heavy atom. The summed E-state index contributed by atoms with van der Waals surface area (Å²) in [6.07, 6.45) is 1.61. The molecule has 0 radical (unpaired) electrons. The van der Waals surface area contributed by atoms with Crippen molar-refractivity contribution in [3.63, 3.8) is 0 Å². The molecule has 0 saturated carbocycles. The lowest BCUT2D eigenvalue weighted by atomic mass is 9.81. The van der Waals surface area contributed by atoms with Crippen molar-refractivity contribution < 1.29 is 9.59 Å². The predicted octanol–water partition coefficient (Wildman–Crippen LogP) is 1.73. The van der Waals surface area contributed by atoms with E-state index in [0.29, 0.717) is 26.1 Å². The van der Waals surface area contributed by atoms with Crippen molar-refractivity contribution in [3.8, 4) is 0 Å². The lowest BCUT2D eigenvalue weighted by Crippen LogP contribution is -2.44. The van der Waals surface area contributed by atoms with Gasteiger partial charge in [0, 0.05) is 32.4 Å². The van der Waals surface area contributed by atoms with Crippen molar-refractivity contribution >= 4 is 17.6 Å². The first-order chi connectivity index (χ1) is 10.1. The van der Waals surface area contributed by atoms with Crippen molar-refractivity contribution in [2.75, 3.05) is 31.6 Å². The quantitative estimate of drug-likeness (QED) is 0.900. The van der Waals surface area contributed by atoms with Crippen molar-refractivity contribution in [3.05, 3.63) is 29.8 Å². The molecule has 1 saturated heterocycles. The Morgan fingerprint density at radius 3 is 2.90 bits per heavy atom. The molecule has 3 amide bonds. The number of anilines is 1. The summed E-state index contributed by atoms with van der Waals surface area (Å²) in [6.45, 7) is 3.80. The number of nitrogens with one attached hydrogen (secondary N) is 1. The van der Waals surface area contributed by atoms with Crippen LogP contribution in [0, 0.1) is 0 Å². The first kappa shape index (κ1) is 13.9. The van der Waals surface area contributed by atoms with Crippen LogP contribution in [-0.4, -0.2) is 43.5 Å². The number of likely N-dealkylation sites (tertiary alicyclic amines) is 1. The topological polar surface area (TPSA) is 52.7 Å². The molecule has 1 N–H and O–H groups in total. The Bertz CT molecular complexity index is 587. The van der Waals surface area contributed by atoms with E-state index in [1.54, 1.807) is 9.80 Å². The fourth-order valence-corrected chi connectivity index (χ4v) is 3.44. The smallest absolute Gasteiger partial charge is 0.317 e. The summed E-state index contributed by atoms with van der Waals surface area (Å²) in [5.41, 5.74) is 1.48. The molecule has 1 fully saturated rings. The second-order valence-electron chi connectivity index (χ2n) is 5.87. The zero-order valence-electron chi connectivity index (χ0n) is 12.6. The van der Waals surface area contributed by atoms with Gasteiger partial charge >= 0.3 is 6.03 Å². The number of carbonyl (C=O) groups excluding carboxylic acids is 2. The molecule has 2 aliphatic heterocycles. The lowest BCUT2D eigenvalue weighted by molar-refractivity contribution is -0.122. The standard InChI is InChI=1S/C16H21N3O2/c1-3-9-17-15(21)19-10-8-16(11-19)12-6-4-5-7-13(12)18(2)14(16)20/h4-7H,3,8-11H2,1-2H3,(H,17,21)/t16-/m1/s1. The number of rotatable bonds is 2. The molecule has 5 nitrogen and oxygen atoms in total. The molecular weight excluding hydrogens is 266 g/mol. The second kappa shape index (κ2) is 5.06. The first-order valence-corrected chi connectivity index (χ1v) is 7.50. The largest absolute Gasteiger partial charge is 0.338 e. The number of urea groups is 1. The van der Waals surface area contributed by atoms with Gasteiger partial charge in [-0.1, -0.05) is 25.1 Å². The summed E-state index contributed by atoms with van der Waals surface area (Å²) < 4.78 is 0. The van der Waals surface area contributed by atoms with Gasteiger partial charge in [0.25, 0.3) is 0 Å². The highest BCUT2D eigenvalue weighted by Crippen LogP contribution is 2.46. The van der Waals surface area contributed by atoms with Gasteiger partial charge in [0.15, 0.2) is 0 Å². The van der Waals surface area contributed by atoms with Gasteiger partial charge in [0.1, 0.15) is 0 Å². The highest BCUT2D eigenvalue weighted by atomic mass is 16.2. The molecule has 1 aromatic carbocycles. The number of amides is 3.